The van der Waals surface area contributed by atoms with Crippen LogP contribution in [0.2, 0.25) is 0 Å². The van der Waals surface area contributed by atoms with Gasteiger partial charge >= 0.3 is 0 Å². The first-order chi connectivity index (χ1) is 9.88. The van der Waals surface area contributed by atoms with Gasteiger partial charge in [-0.1, -0.05) is 45.4 Å². The van der Waals surface area contributed by atoms with Gasteiger partial charge in [-0.3, -0.25) is 4.90 Å². The van der Waals surface area contributed by atoms with Crippen molar-refractivity contribution in [2.24, 2.45) is 11.8 Å². The summed E-state index contributed by atoms with van der Waals surface area (Å²) in [4.78, 5) is 2.88. The Labute approximate surface area is 125 Å². The van der Waals surface area contributed by atoms with E-state index in [0.29, 0.717) is 0 Å². The van der Waals surface area contributed by atoms with Crippen molar-refractivity contribution in [3.8, 4) is 0 Å². The van der Waals surface area contributed by atoms with E-state index in [4.69, 9.17) is 0 Å². The average Bonchev–Trinajstić information content (AvgIpc) is 2.56. The van der Waals surface area contributed by atoms with E-state index in [0.717, 1.165) is 23.9 Å². The number of hydrogen-bond donors (Lipinski definition) is 1. The third-order valence-corrected chi connectivity index (χ3v) is 6.32. The summed E-state index contributed by atoms with van der Waals surface area (Å²) in [6.45, 7) is 6.27. The Morgan fingerprint density at radius 2 is 1.70 bits per heavy atom. The molecule has 2 saturated carbocycles. The van der Waals surface area contributed by atoms with Gasteiger partial charge in [0.2, 0.25) is 0 Å². The second kappa shape index (κ2) is 7.26. The highest BCUT2D eigenvalue weighted by Crippen LogP contribution is 2.33. The minimum absolute atomic E-state index is 0.795. The van der Waals surface area contributed by atoms with Crippen LogP contribution in [0.15, 0.2) is 0 Å². The standard InChI is InChI=1S/C18H34N2/c1-2-15-8-6-7-11-18(15)20-13-12-19-17(14-20)16-9-4-3-5-10-16/h15-19H,2-14H2,1H3. The number of rotatable bonds is 3. The molecule has 1 saturated heterocycles. The van der Waals surface area contributed by atoms with Crippen molar-refractivity contribution < 1.29 is 0 Å². The van der Waals surface area contributed by atoms with Crippen molar-refractivity contribution in [2.75, 3.05) is 19.6 Å². The molecule has 116 valence electrons. The molecule has 20 heavy (non-hydrogen) atoms. The second-order valence-corrected chi connectivity index (χ2v) is 7.47. The molecule has 0 aromatic heterocycles. The molecule has 3 atom stereocenters. The van der Waals surface area contributed by atoms with E-state index in [2.05, 4.69) is 17.1 Å². The highest BCUT2D eigenvalue weighted by atomic mass is 15.2. The van der Waals surface area contributed by atoms with Crippen LogP contribution in [0.1, 0.15) is 71.1 Å². The van der Waals surface area contributed by atoms with Crippen LogP contribution >= 0.6 is 0 Å². The first kappa shape index (κ1) is 14.8. The summed E-state index contributed by atoms with van der Waals surface area (Å²) in [5.74, 6) is 1.95. The molecular weight excluding hydrogens is 244 g/mol. The van der Waals surface area contributed by atoms with Crippen LogP contribution in [0.3, 0.4) is 0 Å². The fraction of sp³-hybridized carbons (Fsp3) is 1.00. The van der Waals surface area contributed by atoms with Gasteiger partial charge in [-0.25, -0.2) is 0 Å². The fourth-order valence-electron chi connectivity index (χ4n) is 5.10. The van der Waals surface area contributed by atoms with E-state index in [1.807, 2.05) is 0 Å². The summed E-state index contributed by atoms with van der Waals surface area (Å²) in [6, 6.07) is 1.70. The topological polar surface area (TPSA) is 15.3 Å². The molecule has 3 rings (SSSR count). The lowest BCUT2D eigenvalue weighted by atomic mass is 9.79. The summed E-state index contributed by atoms with van der Waals surface area (Å²) in [6.07, 6.45) is 14.7. The predicted octanol–water partition coefficient (Wildman–Crippen LogP) is 3.81. The summed E-state index contributed by atoms with van der Waals surface area (Å²) in [7, 11) is 0. The Morgan fingerprint density at radius 1 is 0.950 bits per heavy atom. The van der Waals surface area contributed by atoms with Gasteiger partial charge in [0, 0.05) is 31.7 Å². The zero-order chi connectivity index (χ0) is 13.8. The Hall–Kier alpha value is -0.0800. The highest BCUT2D eigenvalue weighted by molar-refractivity contribution is 4.91. The molecule has 0 spiro atoms. The molecule has 3 fully saturated rings. The normalized spacial score (nSPS) is 38.0. The van der Waals surface area contributed by atoms with Gasteiger partial charge in [-0.05, 0) is 37.5 Å². The van der Waals surface area contributed by atoms with Crippen molar-refractivity contribution in [3.63, 3.8) is 0 Å². The van der Waals surface area contributed by atoms with Gasteiger partial charge < -0.3 is 5.32 Å². The summed E-state index contributed by atoms with van der Waals surface area (Å²) < 4.78 is 0. The SMILES string of the molecule is CCC1CCCCC1N1CCNC(C2CCCCC2)C1. The molecule has 1 N–H and O–H groups in total. The van der Waals surface area contributed by atoms with Gasteiger partial charge in [0.15, 0.2) is 0 Å². The summed E-state index contributed by atoms with van der Waals surface area (Å²) in [5.41, 5.74) is 0. The fourth-order valence-corrected chi connectivity index (χ4v) is 5.10. The molecule has 2 heteroatoms. The Bertz CT molecular complexity index is 285. The van der Waals surface area contributed by atoms with Crippen LogP contribution in [0.5, 0.6) is 0 Å². The molecule has 0 radical (unpaired) electrons. The van der Waals surface area contributed by atoms with Gasteiger partial charge in [0.05, 0.1) is 0 Å². The van der Waals surface area contributed by atoms with Crippen molar-refractivity contribution >= 4 is 0 Å². The molecule has 2 nitrogen and oxygen atoms in total. The smallest absolute Gasteiger partial charge is 0.0223 e. The monoisotopic (exact) mass is 278 g/mol. The van der Waals surface area contributed by atoms with Crippen LogP contribution < -0.4 is 5.32 Å². The average molecular weight is 278 g/mol. The maximum atomic E-state index is 3.85. The quantitative estimate of drug-likeness (QED) is 0.844. The van der Waals surface area contributed by atoms with Gasteiger partial charge in [-0.15, -0.1) is 0 Å². The molecule has 0 aromatic carbocycles. The molecular formula is C18H34N2. The number of hydrogen-bond acceptors (Lipinski definition) is 2. The molecule has 0 bridgehead atoms. The minimum Gasteiger partial charge on any atom is -0.311 e. The van der Waals surface area contributed by atoms with Gasteiger partial charge in [0.25, 0.3) is 0 Å². The summed E-state index contributed by atoms with van der Waals surface area (Å²) >= 11 is 0. The predicted molar refractivity (Wildman–Crippen MR) is 86.0 cm³/mol. The Balaban J connectivity index is 1.58. The first-order valence-corrected chi connectivity index (χ1v) is 9.36. The van der Waals surface area contributed by atoms with Crippen LogP contribution in [0.4, 0.5) is 0 Å². The minimum atomic E-state index is 0.795. The van der Waals surface area contributed by atoms with Crippen LogP contribution in [-0.2, 0) is 0 Å². The Morgan fingerprint density at radius 3 is 2.50 bits per heavy atom. The van der Waals surface area contributed by atoms with E-state index in [-0.39, 0.29) is 0 Å². The van der Waals surface area contributed by atoms with E-state index < -0.39 is 0 Å². The third kappa shape index (κ3) is 3.39. The maximum absolute atomic E-state index is 3.85. The largest absolute Gasteiger partial charge is 0.311 e. The van der Waals surface area contributed by atoms with Gasteiger partial charge in [0.1, 0.15) is 0 Å². The van der Waals surface area contributed by atoms with Crippen LogP contribution in [0.25, 0.3) is 0 Å². The lowest BCUT2D eigenvalue weighted by molar-refractivity contribution is 0.0558. The Kier molecular flexibility index (Phi) is 5.39. The van der Waals surface area contributed by atoms with E-state index in [9.17, 15) is 0 Å². The molecule has 1 heterocycles. The second-order valence-electron chi connectivity index (χ2n) is 7.47. The summed E-state index contributed by atoms with van der Waals surface area (Å²) in [5, 5.41) is 3.85. The molecule has 3 aliphatic rings. The maximum Gasteiger partial charge on any atom is 0.0223 e. The van der Waals surface area contributed by atoms with E-state index >= 15 is 0 Å². The number of piperazine rings is 1. The zero-order valence-electron chi connectivity index (χ0n) is 13.4. The lowest BCUT2D eigenvalue weighted by Gasteiger charge is -2.46. The number of nitrogens with zero attached hydrogens (tertiary/aromatic N) is 1. The molecule has 1 aliphatic heterocycles. The molecule has 0 amide bonds. The van der Waals surface area contributed by atoms with Crippen LogP contribution in [0, 0.1) is 11.8 Å². The molecule has 3 unspecified atom stereocenters. The third-order valence-electron chi connectivity index (χ3n) is 6.32. The van der Waals surface area contributed by atoms with Crippen molar-refractivity contribution in [1.29, 1.82) is 0 Å². The first-order valence-electron chi connectivity index (χ1n) is 9.36. The number of nitrogens with one attached hydrogen (secondary N) is 1. The van der Waals surface area contributed by atoms with E-state index in [1.165, 1.54) is 83.8 Å². The molecule has 2 aliphatic carbocycles. The van der Waals surface area contributed by atoms with Crippen molar-refractivity contribution in [3.05, 3.63) is 0 Å². The highest BCUT2D eigenvalue weighted by Gasteiger charge is 2.34. The van der Waals surface area contributed by atoms with Crippen molar-refractivity contribution in [1.82, 2.24) is 10.2 Å². The molecule has 0 aromatic rings. The van der Waals surface area contributed by atoms with Crippen LogP contribution in [-0.4, -0.2) is 36.6 Å². The van der Waals surface area contributed by atoms with Crippen molar-refractivity contribution in [2.45, 2.75) is 83.2 Å². The lowest BCUT2D eigenvalue weighted by Crippen LogP contribution is -2.58. The zero-order valence-corrected chi connectivity index (χ0v) is 13.4. The van der Waals surface area contributed by atoms with E-state index in [1.54, 1.807) is 0 Å². The van der Waals surface area contributed by atoms with Gasteiger partial charge in [-0.2, -0.15) is 0 Å².